The molecule has 2 N–H and O–H groups in total. The Morgan fingerprint density at radius 2 is 2.38 bits per heavy atom. The van der Waals surface area contributed by atoms with E-state index in [0.29, 0.717) is 12.6 Å². The zero-order valence-corrected chi connectivity index (χ0v) is 10.1. The second kappa shape index (κ2) is 6.83. The first-order valence-corrected chi connectivity index (χ1v) is 5.81. The first kappa shape index (κ1) is 13.4. The van der Waals surface area contributed by atoms with Gasteiger partial charge < -0.3 is 15.2 Å². The van der Waals surface area contributed by atoms with E-state index in [1.807, 2.05) is 0 Å². The molecule has 0 bridgehead atoms. The van der Waals surface area contributed by atoms with Crippen molar-refractivity contribution in [2.45, 2.75) is 31.8 Å². The lowest BCUT2D eigenvalue weighted by Crippen LogP contribution is -2.43. The summed E-state index contributed by atoms with van der Waals surface area (Å²) in [6, 6.07) is 0.543. The molecule has 0 radical (unpaired) electrons. The predicted octanol–water partition coefficient (Wildman–Crippen LogP) is 0.160. The smallest absolute Gasteiger partial charge is 0.304 e. The van der Waals surface area contributed by atoms with Crippen molar-refractivity contribution in [3.05, 3.63) is 0 Å². The lowest BCUT2D eigenvalue weighted by Gasteiger charge is -2.28. The maximum Gasteiger partial charge on any atom is 0.304 e. The van der Waals surface area contributed by atoms with Gasteiger partial charge in [-0.3, -0.25) is 9.69 Å². The van der Waals surface area contributed by atoms with E-state index in [1.165, 1.54) is 0 Å². The van der Waals surface area contributed by atoms with E-state index >= 15 is 0 Å². The van der Waals surface area contributed by atoms with Crippen molar-refractivity contribution < 1.29 is 14.6 Å². The highest BCUT2D eigenvalue weighted by molar-refractivity contribution is 5.67. The molecule has 2 unspecified atom stereocenters. The second-order valence-corrected chi connectivity index (χ2v) is 4.38. The summed E-state index contributed by atoms with van der Waals surface area (Å²) in [5.41, 5.74) is 0. The number of hydrogen-bond acceptors (Lipinski definition) is 4. The van der Waals surface area contributed by atoms with Gasteiger partial charge in [-0.05, 0) is 13.3 Å². The number of hydrogen-bond donors (Lipinski definition) is 2. The first-order chi connectivity index (χ1) is 7.63. The Morgan fingerprint density at radius 1 is 1.62 bits per heavy atom. The molecule has 0 saturated carbocycles. The third-order valence-electron chi connectivity index (χ3n) is 3.06. The highest BCUT2D eigenvalue weighted by atomic mass is 16.5. The fourth-order valence-electron chi connectivity index (χ4n) is 2.02. The maximum absolute atomic E-state index is 10.8. The van der Waals surface area contributed by atoms with Crippen molar-refractivity contribution in [1.29, 1.82) is 0 Å². The van der Waals surface area contributed by atoms with Gasteiger partial charge in [0.2, 0.25) is 0 Å². The molecule has 16 heavy (non-hydrogen) atoms. The number of nitrogens with one attached hydrogen (secondary N) is 1. The van der Waals surface area contributed by atoms with Gasteiger partial charge in [0.1, 0.15) is 0 Å². The summed E-state index contributed by atoms with van der Waals surface area (Å²) in [6.45, 7) is 5.29. The molecule has 0 aliphatic carbocycles. The third kappa shape index (κ3) is 4.47. The molecule has 2 atom stereocenters. The molecule has 1 fully saturated rings. The van der Waals surface area contributed by atoms with E-state index < -0.39 is 5.97 Å². The number of carbonyl (C=O) groups is 1. The van der Waals surface area contributed by atoms with Crippen LogP contribution in [-0.2, 0) is 9.53 Å². The van der Waals surface area contributed by atoms with E-state index in [4.69, 9.17) is 9.84 Å². The van der Waals surface area contributed by atoms with Gasteiger partial charge in [-0.15, -0.1) is 0 Å². The van der Waals surface area contributed by atoms with Crippen molar-refractivity contribution in [3.8, 4) is 0 Å². The van der Waals surface area contributed by atoms with Crippen LogP contribution in [0.5, 0.6) is 0 Å². The van der Waals surface area contributed by atoms with E-state index in [9.17, 15) is 4.79 Å². The summed E-state index contributed by atoms with van der Waals surface area (Å²) in [4.78, 5) is 13.0. The van der Waals surface area contributed by atoms with Crippen LogP contribution in [0.1, 0.15) is 19.8 Å². The summed E-state index contributed by atoms with van der Waals surface area (Å²) in [6.07, 6.45) is 1.25. The van der Waals surface area contributed by atoms with Crippen LogP contribution in [0.2, 0.25) is 0 Å². The molecule has 1 rings (SSSR count). The SMILES string of the molecule is COCCN1CCC(C)NCC1CC(=O)O. The highest BCUT2D eigenvalue weighted by Crippen LogP contribution is 2.10. The van der Waals surface area contributed by atoms with Crippen LogP contribution in [0.4, 0.5) is 0 Å². The average molecular weight is 230 g/mol. The second-order valence-electron chi connectivity index (χ2n) is 4.38. The number of carboxylic acids is 1. The Balaban J connectivity index is 2.53. The van der Waals surface area contributed by atoms with Gasteiger partial charge >= 0.3 is 5.97 Å². The largest absolute Gasteiger partial charge is 0.481 e. The zero-order valence-electron chi connectivity index (χ0n) is 10.1. The van der Waals surface area contributed by atoms with Gasteiger partial charge in [-0.1, -0.05) is 0 Å². The van der Waals surface area contributed by atoms with Gasteiger partial charge in [0.25, 0.3) is 0 Å². The van der Waals surface area contributed by atoms with Crippen LogP contribution in [-0.4, -0.2) is 61.4 Å². The molecular formula is C11H22N2O3. The Hall–Kier alpha value is -0.650. The topological polar surface area (TPSA) is 61.8 Å². The van der Waals surface area contributed by atoms with Crippen LogP contribution in [0.25, 0.3) is 0 Å². The van der Waals surface area contributed by atoms with Gasteiger partial charge in [0, 0.05) is 38.8 Å². The van der Waals surface area contributed by atoms with E-state index in [0.717, 1.165) is 26.1 Å². The van der Waals surface area contributed by atoms with E-state index in [1.54, 1.807) is 7.11 Å². The fraction of sp³-hybridized carbons (Fsp3) is 0.909. The minimum atomic E-state index is -0.733. The van der Waals surface area contributed by atoms with Gasteiger partial charge in [0.05, 0.1) is 13.0 Å². The summed E-state index contributed by atoms with van der Waals surface area (Å²) in [7, 11) is 1.67. The number of methoxy groups -OCH3 is 1. The number of nitrogens with zero attached hydrogens (tertiary/aromatic N) is 1. The van der Waals surface area contributed by atoms with E-state index in [-0.39, 0.29) is 12.5 Å². The van der Waals surface area contributed by atoms with E-state index in [2.05, 4.69) is 17.1 Å². The van der Waals surface area contributed by atoms with Gasteiger partial charge in [-0.2, -0.15) is 0 Å². The maximum atomic E-state index is 10.8. The number of ether oxygens (including phenoxy) is 1. The molecule has 5 heteroatoms. The molecule has 5 nitrogen and oxygen atoms in total. The Morgan fingerprint density at radius 3 is 3.00 bits per heavy atom. The van der Waals surface area contributed by atoms with Crippen LogP contribution < -0.4 is 5.32 Å². The number of carboxylic acid groups (broad SMARTS) is 1. The van der Waals surface area contributed by atoms with Crippen LogP contribution in [0.15, 0.2) is 0 Å². The summed E-state index contributed by atoms with van der Waals surface area (Å²) in [5, 5.41) is 12.2. The van der Waals surface area contributed by atoms with Crippen LogP contribution in [0, 0.1) is 0 Å². The molecule has 94 valence electrons. The third-order valence-corrected chi connectivity index (χ3v) is 3.06. The number of aliphatic carboxylic acids is 1. The molecule has 1 heterocycles. The van der Waals surface area contributed by atoms with Crippen molar-refractivity contribution in [3.63, 3.8) is 0 Å². The molecule has 0 spiro atoms. The van der Waals surface area contributed by atoms with Crippen molar-refractivity contribution in [1.82, 2.24) is 10.2 Å². The highest BCUT2D eigenvalue weighted by Gasteiger charge is 2.24. The molecule has 0 aromatic rings. The van der Waals surface area contributed by atoms with Crippen molar-refractivity contribution in [2.24, 2.45) is 0 Å². The lowest BCUT2D eigenvalue weighted by molar-refractivity contribution is -0.138. The molecule has 1 aliphatic rings. The van der Waals surface area contributed by atoms with Crippen molar-refractivity contribution in [2.75, 3.05) is 33.4 Å². The Labute approximate surface area is 96.8 Å². The fourth-order valence-corrected chi connectivity index (χ4v) is 2.02. The summed E-state index contributed by atoms with van der Waals surface area (Å²) < 4.78 is 5.06. The monoisotopic (exact) mass is 230 g/mol. The van der Waals surface area contributed by atoms with Gasteiger partial charge in [-0.25, -0.2) is 0 Å². The average Bonchev–Trinajstić information content (AvgIpc) is 2.39. The van der Waals surface area contributed by atoms with Crippen LogP contribution in [0.3, 0.4) is 0 Å². The van der Waals surface area contributed by atoms with Crippen LogP contribution >= 0.6 is 0 Å². The Kier molecular flexibility index (Phi) is 5.73. The minimum absolute atomic E-state index is 0.0811. The predicted molar refractivity (Wildman–Crippen MR) is 61.6 cm³/mol. The molecule has 0 aromatic heterocycles. The molecular weight excluding hydrogens is 208 g/mol. The normalized spacial score (nSPS) is 27.6. The zero-order chi connectivity index (χ0) is 12.0. The summed E-state index contributed by atoms with van der Waals surface area (Å²) >= 11 is 0. The first-order valence-electron chi connectivity index (χ1n) is 5.81. The standard InChI is InChI=1S/C11H22N2O3/c1-9-3-4-13(5-6-16-2)10(8-12-9)7-11(14)15/h9-10,12H,3-8H2,1-2H3,(H,14,15). The molecule has 1 saturated heterocycles. The molecule has 1 aliphatic heterocycles. The van der Waals surface area contributed by atoms with Gasteiger partial charge in [0.15, 0.2) is 0 Å². The minimum Gasteiger partial charge on any atom is -0.481 e. The lowest BCUT2D eigenvalue weighted by atomic mass is 10.1. The molecule has 0 amide bonds. The quantitative estimate of drug-likeness (QED) is 0.704. The number of rotatable bonds is 5. The van der Waals surface area contributed by atoms with Crippen molar-refractivity contribution >= 4 is 5.97 Å². The summed E-state index contributed by atoms with van der Waals surface area (Å²) in [5.74, 6) is -0.733. The molecule has 0 aromatic carbocycles. The Bertz CT molecular complexity index is 223.